The van der Waals surface area contributed by atoms with E-state index in [9.17, 15) is 17.6 Å². The van der Waals surface area contributed by atoms with Crippen LogP contribution in [0.1, 0.15) is 22.8 Å². The third kappa shape index (κ3) is 4.55. The molecule has 0 unspecified atom stereocenters. The van der Waals surface area contributed by atoms with E-state index in [0.29, 0.717) is 23.4 Å². The molecule has 0 aliphatic carbocycles. The van der Waals surface area contributed by atoms with Crippen LogP contribution in [-0.2, 0) is 16.6 Å². The van der Waals surface area contributed by atoms with Crippen LogP contribution in [0.15, 0.2) is 48.5 Å². The molecule has 128 valence electrons. The van der Waals surface area contributed by atoms with Crippen molar-refractivity contribution in [2.24, 2.45) is 0 Å². The minimum Gasteiger partial charge on any atom is -0.348 e. The number of hydrogen-bond donors (Lipinski definition) is 1. The summed E-state index contributed by atoms with van der Waals surface area (Å²) in [7, 11) is -3.35. The summed E-state index contributed by atoms with van der Waals surface area (Å²) in [6.45, 7) is 2.26. The van der Waals surface area contributed by atoms with Gasteiger partial charge in [-0.15, -0.1) is 0 Å². The molecular weight excluding hydrogens is 331 g/mol. The molecule has 0 fully saturated rings. The first-order valence-electron chi connectivity index (χ1n) is 7.41. The van der Waals surface area contributed by atoms with Gasteiger partial charge in [-0.1, -0.05) is 12.1 Å². The second-order valence-electron chi connectivity index (χ2n) is 5.29. The average molecular weight is 350 g/mol. The van der Waals surface area contributed by atoms with Crippen molar-refractivity contribution in [2.75, 3.05) is 17.1 Å². The molecule has 2 aromatic rings. The Labute approximate surface area is 141 Å². The van der Waals surface area contributed by atoms with Gasteiger partial charge in [0.05, 0.1) is 11.9 Å². The standard InChI is InChI=1S/C17H19FN2O3S/c1-3-20(24(2,22)23)16-9-7-14(8-10-16)17(21)19-12-13-5-4-6-15(18)11-13/h4-11H,3,12H2,1-2H3,(H,19,21). The van der Waals surface area contributed by atoms with E-state index in [1.165, 1.54) is 16.4 Å². The summed E-state index contributed by atoms with van der Waals surface area (Å²) in [5.41, 5.74) is 1.57. The molecule has 0 aliphatic heterocycles. The van der Waals surface area contributed by atoms with Crippen LogP contribution in [-0.4, -0.2) is 27.1 Å². The zero-order valence-corrected chi connectivity index (χ0v) is 14.3. The first-order valence-corrected chi connectivity index (χ1v) is 9.26. The number of amides is 1. The van der Waals surface area contributed by atoms with Gasteiger partial charge in [0.25, 0.3) is 5.91 Å². The van der Waals surface area contributed by atoms with E-state index in [4.69, 9.17) is 0 Å². The Morgan fingerprint density at radius 3 is 2.38 bits per heavy atom. The quantitative estimate of drug-likeness (QED) is 0.871. The van der Waals surface area contributed by atoms with Gasteiger partial charge < -0.3 is 5.32 Å². The zero-order chi connectivity index (χ0) is 17.7. The molecule has 1 N–H and O–H groups in total. The summed E-state index contributed by atoms with van der Waals surface area (Å²) in [5, 5.41) is 2.70. The molecule has 2 rings (SSSR count). The normalized spacial score (nSPS) is 11.1. The van der Waals surface area contributed by atoms with Gasteiger partial charge in [0.2, 0.25) is 10.0 Å². The van der Waals surface area contributed by atoms with Crippen molar-refractivity contribution in [2.45, 2.75) is 13.5 Å². The van der Waals surface area contributed by atoms with Crippen LogP contribution in [0.4, 0.5) is 10.1 Å². The first-order chi connectivity index (χ1) is 11.3. The summed E-state index contributed by atoms with van der Waals surface area (Å²) in [6, 6.07) is 12.3. The second-order valence-corrected chi connectivity index (χ2v) is 7.19. The maximum absolute atomic E-state index is 13.1. The summed E-state index contributed by atoms with van der Waals surface area (Å²) < 4.78 is 37.7. The number of rotatable bonds is 6. The van der Waals surface area contributed by atoms with E-state index in [0.717, 1.165) is 6.26 Å². The molecule has 0 bridgehead atoms. The van der Waals surface area contributed by atoms with Gasteiger partial charge in [-0.3, -0.25) is 9.10 Å². The van der Waals surface area contributed by atoms with Crippen molar-refractivity contribution in [3.63, 3.8) is 0 Å². The highest BCUT2D eigenvalue weighted by Crippen LogP contribution is 2.18. The number of nitrogens with zero attached hydrogens (tertiary/aromatic N) is 1. The molecule has 0 saturated heterocycles. The molecule has 1 amide bonds. The highest BCUT2D eigenvalue weighted by molar-refractivity contribution is 7.92. The lowest BCUT2D eigenvalue weighted by atomic mass is 10.1. The van der Waals surface area contributed by atoms with Gasteiger partial charge in [0.1, 0.15) is 5.82 Å². The molecule has 24 heavy (non-hydrogen) atoms. The molecule has 7 heteroatoms. The maximum Gasteiger partial charge on any atom is 0.251 e. The van der Waals surface area contributed by atoms with Crippen molar-refractivity contribution in [1.29, 1.82) is 0 Å². The van der Waals surface area contributed by atoms with Gasteiger partial charge in [0.15, 0.2) is 0 Å². The highest BCUT2D eigenvalue weighted by Gasteiger charge is 2.15. The van der Waals surface area contributed by atoms with Gasteiger partial charge in [-0.2, -0.15) is 0 Å². The van der Waals surface area contributed by atoms with E-state index in [1.54, 1.807) is 43.3 Å². The van der Waals surface area contributed by atoms with Crippen molar-refractivity contribution in [3.8, 4) is 0 Å². The van der Waals surface area contributed by atoms with Crippen molar-refractivity contribution < 1.29 is 17.6 Å². The molecule has 0 aliphatic rings. The van der Waals surface area contributed by atoms with E-state index in [2.05, 4.69) is 5.32 Å². The molecule has 0 saturated carbocycles. The van der Waals surface area contributed by atoms with E-state index < -0.39 is 10.0 Å². The zero-order valence-electron chi connectivity index (χ0n) is 13.5. The number of halogens is 1. The summed E-state index contributed by atoms with van der Waals surface area (Å²) in [5.74, 6) is -0.667. The predicted octanol–water partition coefficient (Wildman–Crippen LogP) is 2.54. The topological polar surface area (TPSA) is 66.5 Å². The van der Waals surface area contributed by atoms with Gasteiger partial charge in [0, 0.05) is 18.7 Å². The minimum atomic E-state index is -3.35. The lowest BCUT2D eigenvalue weighted by Crippen LogP contribution is -2.29. The van der Waals surface area contributed by atoms with E-state index in [-0.39, 0.29) is 18.3 Å². The van der Waals surface area contributed by atoms with Crippen LogP contribution in [0, 0.1) is 5.82 Å². The van der Waals surface area contributed by atoms with Gasteiger partial charge >= 0.3 is 0 Å². The van der Waals surface area contributed by atoms with Crippen molar-refractivity contribution in [3.05, 3.63) is 65.5 Å². The van der Waals surface area contributed by atoms with Crippen LogP contribution < -0.4 is 9.62 Å². The number of nitrogens with one attached hydrogen (secondary N) is 1. The Hall–Kier alpha value is -2.41. The summed E-state index contributed by atoms with van der Waals surface area (Å²) >= 11 is 0. The lowest BCUT2D eigenvalue weighted by Gasteiger charge is -2.20. The number of carbonyl (C=O) groups is 1. The Balaban J connectivity index is 2.06. The molecule has 0 aromatic heterocycles. The van der Waals surface area contributed by atoms with Crippen molar-refractivity contribution >= 4 is 21.6 Å². The fourth-order valence-corrected chi connectivity index (χ4v) is 3.29. The van der Waals surface area contributed by atoms with Crippen LogP contribution in [0.5, 0.6) is 0 Å². The first kappa shape index (κ1) is 17.9. The summed E-state index contributed by atoms with van der Waals surface area (Å²) in [6.07, 6.45) is 1.14. The van der Waals surface area contributed by atoms with Crippen LogP contribution in [0.2, 0.25) is 0 Å². The molecular formula is C17H19FN2O3S. The van der Waals surface area contributed by atoms with Gasteiger partial charge in [-0.05, 0) is 48.9 Å². The third-order valence-corrected chi connectivity index (χ3v) is 4.72. The van der Waals surface area contributed by atoms with Crippen LogP contribution in [0.3, 0.4) is 0 Å². The molecule has 5 nitrogen and oxygen atoms in total. The highest BCUT2D eigenvalue weighted by atomic mass is 32.2. The smallest absolute Gasteiger partial charge is 0.251 e. The molecule has 0 atom stereocenters. The maximum atomic E-state index is 13.1. The monoisotopic (exact) mass is 350 g/mol. The number of anilines is 1. The molecule has 0 heterocycles. The fourth-order valence-electron chi connectivity index (χ4n) is 2.32. The number of benzene rings is 2. The summed E-state index contributed by atoms with van der Waals surface area (Å²) in [4.78, 5) is 12.1. The Kier molecular flexibility index (Phi) is 5.56. The number of carbonyl (C=O) groups excluding carboxylic acids is 1. The second kappa shape index (κ2) is 7.44. The third-order valence-electron chi connectivity index (χ3n) is 3.45. The Morgan fingerprint density at radius 1 is 1.17 bits per heavy atom. The lowest BCUT2D eigenvalue weighted by molar-refractivity contribution is 0.0951. The molecule has 2 aromatic carbocycles. The Bertz CT molecular complexity index is 820. The predicted molar refractivity (Wildman–Crippen MR) is 91.9 cm³/mol. The van der Waals surface area contributed by atoms with Crippen LogP contribution >= 0.6 is 0 Å². The average Bonchev–Trinajstić information content (AvgIpc) is 2.53. The minimum absolute atomic E-state index is 0.211. The largest absolute Gasteiger partial charge is 0.348 e. The van der Waals surface area contributed by atoms with Gasteiger partial charge in [-0.25, -0.2) is 12.8 Å². The fraction of sp³-hybridized carbons (Fsp3) is 0.235. The molecule has 0 spiro atoms. The van der Waals surface area contributed by atoms with E-state index >= 15 is 0 Å². The van der Waals surface area contributed by atoms with Crippen LogP contribution in [0.25, 0.3) is 0 Å². The van der Waals surface area contributed by atoms with E-state index in [1.807, 2.05) is 0 Å². The Morgan fingerprint density at radius 2 is 1.83 bits per heavy atom. The SMILES string of the molecule is CCN(c1ccc(C(=O)NCc2cccc(F)c2)cc1)S(C)(=O)=O. The van der Waals surface area contributed by atoms with Crippen molar-refractivity contribution in [1.82, 2.24) is 5.32 Å². The number of hydrogen-bond acceptors (Lipinski definition) is 3. The molecule has 0 radical (unpaired) electrons. The number of sulfonamides is 1.